The fourth-order valence-corrected chi connectivity index (χ4v) is 1.96. The van der Waals surface area contributed by atoms with Crippen LogP contribution in [0, 0.1) is 0 Å². The molecule has 2 heterocycles. The van der Waals surface area contributed by atoms with E-state index in [1.165, 1.54) is 8.54 Å². The fourth-order valence-electron chi connectivity index (χ4n) is 1.27. The van der Waals surface area contributed by atoms with E-state index in [0.29, 0.717) is 11.6 Å². The molecule has 84 valence electrons. The summed E-state index contributed by atoms with van der Waals surface area (Å²) in [6.07, 6.45) is 4.96. The molecule has 2 rings (SSSR count). The second kappa shape index (κ2) is 4.34. The predicted molar refractivity (Wildman–Crippen MR) is 69.3 cm³/mol. The Hall–Kier alpha value is -1.21. The molecule has 5 nitrogen and oxygen atoms in total. The third-order valence-electron chi connectivity index (χ3n) is 2.02. The van der Waals surface area contributed by atoms with Crippen molar-refractivity contribution in [3.05, 3.63) is 39.5 Å². The summed E-state index contributed by atoms with van der Waals surface area (Å²) in [5, 5.41) is 2.91. The maximum Gasteiger partial charge on any atom is 0.274 e. The Balaban J connectivity index is 2.43. The number of aromatic nitrogens is 3. The zero-order valence-corrected chi connectivity index (χ0v) is 10.9. The van der Waals surface area contributed by atoms with Gasteiger partial charge in [-0.1, -0.05) is 12.8 Å². The van der Waals surface area contributed by atoms with Crippen molar-refractivity contribution in [3.63, 3.8) is 0 Å². The van der Waals surface area contributed by atoms with Crippen molar-refractivity contribution in [3.8, 4) is 0 Å². The number of anilines is 2. The van der Waals surface area contributed by atoms with E-state index in [1.807, 2.05) is 0 Å². The standard InChI is InChI=1S/C9H9BrN4OS/c1-13-5-6(10)4-7(8(13)15)12-9-11-2-3-14(9)16/h2-5,16H,1H3,(H,11,12). The molecule has 0 amide bonds. The van der Waals surface area contributed by atoms with E-state index < -0.39 is 0 Å². The van der Waals surface area contributed by atoms with Gasteiger partial charge in [-0.3, -0.25) is 8.77 Å². The van der Waals surface area contributed by atoms with Crippen LogP contribution < -0.4 is 10.9 Å². The maximum absolute atomic E-state index is 11.8. The largest absolute Gasteiger partial charge is 0.320 e. The maximum atomic E-state index is 11.8. The molecule has 0 bridgehead atoms. The van der Waals surface area contributed by atoms with E-state index in [-0.39, 0.29) is 5.56 Å². The topological polar surface area (TPSA) is 51.9 Å². The van der Waals surface area contributed by atoms with E-state index in [2.05, 4.69) is 39.0 Å². The molecular weight excluding hydrogens is 292 g/mol. The van der Waals surface area contributed by atoms with Crippen LogP contribution in [0.4, 0.5) is 11.6 Å². The Labute approximate surface area is 106 Å². The van der Waals surface area contributed by atoms with Gasteiger partial charge in [-0.2, -0.15) is 0 Å². The van der Waals surface area contributed by atoms with Gasteiger partial charge in [0.2, 0.25) is 5.95 Å². The molecule has 0 aliphatic heterocycles. The van der Waals surface area contributed by atoms with Crippen LogP contribution in [0.25, 0.3) is 0 Å². The average molecular weight is 301 g/mol. The molecule has 1 N–H and O–H groups in total. The number of rotatable bonds is 2. The highest BCUT2D eigenvalue weighted by Crippen LogP contribution is 2.16. The normalized spacial score (nSPS) is 10.4. The molecule has 2 aromatic heterocycles. The van der Waals surface area contributed by atoms with Gasteiger partial charge in [-0.05, 0) is 22.0 Å². The monoisotopic (exact) mass is 300 g/mol. The minimum Gasteiger partial charge on any atom is -0.320 e. The lowest BCUT2D eigenvalue weighted by Gasteiger charge is -2.07. The lowest BCUT2D eigenvalue weighted by molar-refractivity contribution is 0.857. The summed E-state index contributed by atoms with van der Waals surface area (Å²) in [5.41, 5.74) is 0.318. The van der Waals surface area contributed by atoms with Crippen LogP contribution >= 0.6 is 28.7 Å². The summed E-state index contributed by atoms with van der Waals surface area (Å²) < 4.78 is 3.80. The second-order valence-corrected chi connectivity index (χ2v) is 4.56. The number of nitrogens with zero attached hydrogens (tertiary/aromatic N) is 3. The molecule has 16 heavy (non-hydrogen) atoms. The fraction of sp³-hybridized carbons (Fsp3) is 0.111. The Morgan fingerprint density at radius 3 is 2.94 bits per heavy atom. The highest BCUT2D eigenvalue weighted by molar-refractivity contribution is 9.10. The van der Waals surface area contributed by atoms with Gasteiger partial charge in [-0.25, -0.2) is 4.98 Å². The van der Waals surface area contributed by atoms with Crippen molar-refractivity contribution in [2.75, 3.05) is 5.32 Å². The summed E-state index contributed by atoms with van der Waals surface area (Å²) in [6, 6.07) is 1.70. The Morgan fingerprint density at radius 2 is 2.31 bits per heavy atom. The van der Waals surface area contributed by atoms with Crippen LogP contribution in [0.3, 0.4) is 0 Å². The minimum absolute atomic E-state index is 0.125. The van der Waals surface area contributed by atoms with Gasteiger partial charge in [0.05, 0.1) is 0 Å². The third kappa shape index (κ3) is 2.14. The molecule has 7 heteroatoms. The van der Waals surface area contributed by atoms with E-state index in [0.717, 1.165) is 4.47 Å². The molecule has 0 aliphatic carbocycles. The SMILES string of the molecule is Cn1cc(Br)cc(Nc2nccn2S)c1=O. The first-order chi connectivity index (χ1) is 7.58. The molecule has 0 aromatic carbocycles. The summed E-state index contributed by atoms with van der Waals surface area (Å²) in [4.78, 5) is 15.8. The van der Waals surface area contributed by atoms with E-state index in [4.69, 9.17) is 0 Å². The van der Waals surface area contributed by atoms with Gasteiger partial charge in [0.25, 0.3) is 5.56 Å². The minimum atomic E-state index is -0.125. The Morgan fingerprint density at radius 1 is 1.56 bits per heavy atom. The number of nitrogens with one attached hydrogen (secondary N) is 1. The number of halogens is 1. The predicted octanol–water partition coefficient (Wildman–Crippen LogP) is 1.78. The molecule has 0 radical (unpaired) electrons. The molecule has 0 saturated carbocycles. The number of hydrogen-bond acceptors (Lipinski definition) is 4. The van der Waals surface area contributed by atoms with Crippen molar-refractivity contribution in [2.24, 2.45) is 7.05 Å². The highest BCUT2D eigenvalue weighted by atomic mass is 79.9. The summed E-state index contributed by atoms with van der Waals surface area (Å²) in [6.45, 7) is 0. The third-order valence-corrected chi connectivity index (χ3v) is 2.77. The lowest BCUT2D eigenvalue weighted by atomic mass is 10.4. The van der Waals surface area contributed by atoms with Crippen LogP contribution in [0.2, 0.25) is 0 Å². The first-order valence-electron chi connectivity index (χ1n) is 4.44. The smallest absolute Gasteiger partial charge is 0.274 e. The summed E-state index contributed by atoms with van der Waals surface area (Å²) in [5.74, 6) is 0.499. The number of aryl methyl sites for hydroxylation is 1. The summed E-state index contributed by atoms with van der Waals surface area (Å²) in [7, 11) is 1.69. The molecule has 0 atom stereocenters. The molecule has 0 unspecified atom stereocenters. The first-order valence-corrected chi connectivity index (χ1v) is 5.63. The quantitative estimate of drug-likeness (QED) is 0.831. The van der Waals surface area contributed by atoms with Crippen molar-refractivity contribution < 1.29 is 0 Å². The Bertz CT molecular complexity index is 577. The summed E-state index contributed by atoms with van der Waals surface area (Å²) >= 11 is 7.46. The first kappa shape index (κ1) is 11.3. The molecule has 0 fully saturated rings. The molecule has 2 aromatic rings. The Kier molecular flexibility index (Phi) is 3.06. The van der Waals surface area contributed by atoms with E-state index >= 15 is 0 Å². The van der Waals surface area contributed by atoms with Crippen molar-refractivity contribution in [1.82, 2.24) is 13.5 Å². The number of thiol groups is 1. The molecule has 0 spiro atoms. The highest BCUT2D eigenvalue weighted by Gasteiger charge is 2.06. The average Bonchev–Trinajstić information content (AvgIpc) is 2.60. The second-order valence-electron chi connectivity index (χ2n) is 3.21. The molecule has 0 saturated heterocycles. The van der Waals surface area contributed by atoms with E-state index in [9.17, 15) is 4.79 Å². The van der Waals surface area contributed by atoms with Crippen molar-refractivity contribution in [2.45, 2.75) is 0 Å². The van der Waals surface area contributed by atoms with Gasteiger partial charge in [-0.15, -0.1) is 0 Å². The van der Waals surface area contributed by atoms with Crippen molar-refractivity contribution in [1.29, 1.82) is 0 Å². The van der Waals surface area contributed by atoms with Crippen molar-refractivity contribution >= 4 is 40.4 Å². The molecular formula is C9H9BrN4OS. The molecule has 0 aliphatic rings. The van der Waals surface area contributed by atoms with Gasteiger partial charge < -0.3 is 9.88 Å². The van der Waals surface area contributed by atoms with Crippen LogP contribution in [0.15, 0.2) is 33.9 Å². The van der Waals surface area contributed by atoms with Crippen LogP contribution in [-0.2, 0) is 7.05 Å². The zero-order valence-electron chi connectivity index (χ0n) is 8.38. The number of pyridine rings is 1. The van der Waals surface area contributed by atoms with Crippen LogP contribution in [0.5, 0.6) is 0 Å². The lowest BCUT2D eigenvalue weighted by Crippen LogP contribution is -2.19. The van der Waals surface area contributed by atoms with Crippen LogP contribution in [-0.4, -0.2) is 13.5 Å². The zero-order chi connectivity index (χ0) is 11.7. The number of hydrogen-bond donors (Lipinski definition) is 2. The number of imidazole rings is 1. The van der Waals surface area contributed by atoms with E-state index in [1.54, 1.807) is 31.7 Å². The van der Waals surface area contributed by atoms with Gasteiger partial charge in [0.1, 0.15) is 5.69 Å². The van der Waals surface area contributed by atoms with Gasteiger partial charge in [0, 0.05) is 30.1 Å². The van der Waals surface area contributed by atoms with Crippen LogP contribution in [0.1, 0.15) is 0 Å². The van der Waals surface area contributed by atoms with Gasteiger partial charge >= 0.3 is 0 Å². The van der Waals surface area contributed by atoms with Gasteiger partial charge in [0.15, 0.2) is 0 Å².